The molecule has 94 valence electrons. The Labute approximate surface area is 104 Å². The maximum absolute atomic E-state index is 11.5. The number of thiophene rings is 1. The number of rotatable bonds is 3. The van der Waals surface area contributed by atoms with Crippen LogP contribution in [0.2, 0.25) is 0 Å². The van der Waals surface area contributed by atoms with Gasteiger partial charge in [-0.2, -0.15) is 0 Å². The van der Waals surface area contributed by atoms with E-state index in [2.05, 4.69) is 5.32 Å². The molecule has 0 radical (unpaired) electrons. The van der Waals surface area contributed by atoms with E-state index in [0.717, 1.165) is 0 Å². The zero-order valence-electron chi connectivity index (χ0n) is 10.0. The van der Waals surface area contributed by atoms with Gasteiger partial charge in [-0.1, -0.05) is 6.07 Å². The summed E-state index contributed by atoms with van der Waals surface area (Å²) in [5.74, 6) is -0.613. The molecule has 0 aliphatic heterocycles. The van der Waals surface area contributed by atoms with Crippen LogP contribution in [-0.2, 0) is 9.53 Å². The van der Waals surface area contributed by atoms with Crippen molar-refractivity contribution in [3.63, 3.8) is 0 Å². The van der Waals surface area contributed by atoms with Crippen LogP contribution >= 0.6 is 11.3 Å². The molecule has 3 N–H and O–H groups in total. The molecule has 1 heterocycles. The fourth-order valence-corrected chi connectivity index (χ4v) is 1.95. The number of nitrogens with two attached hydrogens (primary N) is 1. The number of alkyl carbamates (subject to hydrolysis) is 1. The zero-order chi connectivity index (χ0) is 13.1. The lowest BCUT2D eigenvalue weighted by Gasteiger charge is -2.21. The van der Waals surface area contributed by atoms with E-state index in [4.69, 9.17) is 10.5 Å². The Morgan fingerprint density at radius 1 is 1.47 bits per heavy atom. The highest BCUT2D eigenvalue weighted by Gasteiger charge is 2.24. The molecular formula is C11H16N2O3S. The average molecular weight is 256 g/mol. The molecule has 0 fully saturated rings. The fraction of sp³-hybridized carbons (Fsp3) is 0.455. The van der Waals surface area contributed by atoms with E-state index < -0.39 is 23.6 Å². The molecule has 6 heteroatoms. The SMILES string of the molecule is CC(C)(C)OC(=O)N[C@@H](C(N)=O)c1cccs1. The Kier molecular flexibility index (Phi) is 4.11. The number of ether oxygens (including phenoxy) is 1. The molecule has 1 aromatic heterocycles. The van der Waals surface area contributed by atoms with Crippen molar-refractivity contribution < 1.29 is 14.3 Å². The monoisotopic (exact) mass is 256 g/mol. The third-order valence-electron chi connectivity index (χ3n) is 1.77. The second-order valence-corrected chi connectivity index (χ2v) is 5.48. The summed E-state index contributed by atoms with van der Waals surface area (Å²) >= 11 is 1.35. The normalized spacial score (nSPS) is 12.9. The number of carbonyl (C=O) groups excluding carboxylic acids is 2. The molecule has 0 saturated heterocycles. The second-order valence-electron chi connectivity index (χ2n) is 4.50. The number of nitrogens with one attached hydrogen (secondary N) is 1. The lowest BCUT2D eigenvalue weighted by Crippen LogP contribution is -2.40. The van der Waals surface area contributed by atoms with Crippen molar-refractivity contribution >= 4 is 23.3 Å². The summed E-state index contributed by atoms with van der Waals surface area (Å²) in [7, 11) is 0. The largest absolute Gasteiger partial charge is 0.444 e. The molecule has 1 atom stereocenters. The summed E-state index contributed by atoms with van der Waals surface area (Å²) in [6.07, 6.45) is -0.658. The molecule has 1 rings (SSSR count). The van der Waals surface area contributed by atoms with Gasteiger partial charge >= 0.3 is 6.09 Å². The molecule has 0 unspecified atom stereocenters. The van der Waals surface area contributed by atoms with Crippen LogP contribution in [-0.4, -0.2) is 17.6 Å². The third kappa shape index (κ3) is 4.44. The Morgan fingerprint density at radius 3 is 2.53 bits per heavy atom. The molecule has 0 aliphatic carbocycles. The van der Waals surface area contributed by atoms with Gasteiger partial charge in [0.2, 0.25) is 5.91 Å². The smallest absolute Gasteiger partial charge is 0.408 e. The maximum Gasteiger partial charge on any atom is 0.408 e. The van der Waals surface area contributed by atoms with Crippen molar-refractivity contribution in [3.8, 4) is 0 Å². The minimum atomic E-state index is -0.843. The van der Waals surface area contributed by atoms with Crippen molar-refractivity contribution in [3.05, 3.63) is 22.4 Å². The molecule has 0 aliphatic rings. The Morgan fingerprint density at radius 2 is 2.12 bits per heavy atom. The van der Waals surface area contributed by atoms with Crippen LogP contribution in [0.3, 0.4) is 0 Å². The van der Waals surface area contributed by atoms with Crippen molar-refractivity contribution in [1.29, 1.82) is 0 Å². The van der Waals surface area contributed by atoms with Crippen molar-refractivity contribution in [1.82, 2.24) is 5.32 Å². The van der Waals surface area contributed by atoms with Gasteiger partial charge < -0.3 is 15.8 Å². The highest BCUT2D eigenvalue weighted by atomic mass is 32.1. The highest BCUT2D eigenvalue weighted by molar-refractivity contribution is 7.10. The Bertz CT molecular complexity index is 395. The summed E-state index contributed by atoms with van der Waals surface area (Å²) in [6, 6.07) is 2.68. The van der Waals surface area contributed by atoms with Crippen LogP contribution in [0, 0.1) is 0 Å². The van der Waals surface area contributed by atoms with Gasteiger partial charge in [-0.3, -0.25) is 4.79 Å². The molecule has 0 spiro atoms. The second kappa shape index (κ2) is 5.18. The van der Waals surface area contributed by atoms with E-state index in [1.165, 1.54) is 11.3 Å². The number of hydrogen-bond donors (Lipinski definition) is 2. The van der Waals surface area contributed by atoms with Gasteiger partial charge in [-0.05, 0) is 32.2 Å². The quantitative estimate of drug-likeness (QED) is 0.865. The number of hydrogen-bond acceptors (Lipinski definition) is 4. The van der Waals surface area contributed by atoms with Gasteiger partial charge in [0.25, 0.3) is 0 Å². The van der Waals surface area contributed by atoms with E-state index in [1.807, 2.05) is 5.38 Å². The first-order valence-corrected chi connectivity index (χ1v) is 6.00. The number of amides is 2. The molecule has 5 nitrogen and oxygen atoms in total. The van der Waals surface area contributed by atoms with Gasteiger partial charge in [0.05, 0.1) is 0 Å². The maximum atomic E-state index is 11.5. The molecule has 2 amide bonds. The summed E-state index contributed by atoms with van der Waals surface area (Å²) in [5.41, 5.74) is 4.63. The molecule has 0 saturated carbocycles. The van der Waals surface area contributed by atoms with E-state index in [0.29, 0.717) is 4.88 Å². The van der Waals surface area contributed by atoms with Crippen LogP contribution in [0.5, 0.6) is 0 Å². The summed E-state index contributed by atoms with van der Waals surface area (Å²) in [4.78, 5) is 23.5. The van der Waals surface area contributed by atoms with Gasteiger partial charge in [-0.25, -0.2) is 4.79 Å². The average Bonchev–Trinajstić information content (AvgIpc) is 2.63. The summed E-state index contributed by atoms with van der Waals surface area (Å²) < 4.78 is 5.06. The van der Waals surface area contributed by atoms with Crippen LogP contribution in [0.15, 0.2) is 17.5 Å². The van der Waals surface area contributed by atoms with Crippen molar-refractivity contribution in [2.75, 3.05) is 0 Å². The van der Waals surface area contributed by atoms with E-state index in [-0.39, 0.29) is 0 Å². The van der Waals surface area contributed by atoms with Crippen LogP contribution < -0.4 is 11.1 Å². The Hall–Kier alpha value is -1.56. The predicted molar refractivity (Wildman–Crippen MR) is 65.6 cm³/mol. The van der Waals surface area contributed by atoms with Crippen LogP contribution in [0.25, 0.3) is 0 Å². The highest BCUT2D eigenvalue weighted by Crippen LogP contribution is 2.19. The van der Waals surface area contributed by atoms with Gasteiger partial charge in [0.1, 0.15) is 11.6 Å². The topological polar surface area (TPSA) is 81.4 Å². The van der Waals surface area contributed by atoms with E-state index in [9.17, 15) is 9.59 Å². The first-order valence-electron chi connectivity index (χ1n) is 5.12. The Balaban J connectivity index is 2.69. The first-order chi connectivity index (χ1) is 7.79. The molecule has 1 aromatic rings. The molecule has 0 aromatic carbocycles. The van der Waals surface area contributed by atoms with Crippen LogP contribution in [0.1, 0.15) is 31.7 Å². The van der Waals surface area contributed by atoms with Crippen molar-refractivity contribution in [2.24, 2.45) is 5.73 Å². The third-order valence-corrected chi connectivity index (χ3v) is 2.71. The summed E-state index contributed by atoms with van der Waals surface area (Å²) in [6.45, 7) is 5.24. The lowest BCUT2D eigenvalue weighted by atomic mass is 10.2. The zero-order valence-corrected chi connectivity index (χ0v) is 10.8. The van der Waals surface area contributed by atoms with E-state index in [1.54, 1.807) is 32.9 Å². The lowest BCUT2D eigenvalue weighted by molar-refractivity contribution is -0.120. The van der Waals surface area contributed by atoms with E-state index >= 15 is 0 Å². The van der Waals surface area contributed by atoms with Gasteiger partial charge in [0.15, 0.2) is 0 Å². The number of carbonyl (C=O) groups is 2. The minimum Gasteiger partial charge on any atom is -0.444 e. The fourth-order valence-electron chi connectivity index (χ4n) is 1.16. The number of primary amides is 1. The molecule has 17 heavy (non-hydrogen) atoms. The van der Waals surface area contributed by atoms with Crippen molar-refractivity contribution in [2.45, 2.75) is 32.4 Å². The first kappa shape index (κ1) is 13.5. The van der Waals surface area contributed by atoms with Gasteiger partial charge in [0, 0.05) is 4.88 Å². The van der Waals surface area contributed by atoms with Crippen LogP contribution in [0.4, 0.5) is 4.79 Å². The standard InChI is InChI=1S/C11H16N2O3S/c1-11(2,3)16-10(15)13-8(9(12)14)7-5-4-6-17-7/h4-6,8H,1-3H3,(H2,12,14)(H,13,15)/t8-/m1/s1. The predicted octanol–water partition coefficient (Wildman–Crippen LogP) is 1.80. The van der Waals surface area contributed by atoms with Gasteiger partial charge in [-0.15, -0.1) is 11.3 Å². The molecule has 0 bridgehead atoms. The summed E-state index contributed by atoms with van der Waals surface area (Å²) in [5, 5.41) is 4.26. The molecular weight excluding hydrogens is 240 g/mol. The minimum absolute atomic E-state index is 0.609.